The molecule has 3 nitrogen and oxygen atoms in total. The summed E-state index contributed by atoms with van der Waals surface area (Å²) in [5, 5.41) is 18.1. The van der Waals surface area contributed by atoms with Gasteiger partial charge in [-0.25, -0.2) is 4.39 Å². The topological polar surface area (TPSA) is 66.5 Å². The highest BCUT2D eigenvalue weighted by atomic mass is 19.1. The van der Waals surface area contributed by atoms with Crippen LogP contribution >= 0.6 is 0 Å². The molecule has 0 bridgehead atoms. The molecule has 0 heterocycles. The summed E-state index contributed by atoms with van der Waals surface area (Å²) in [4.78, 5) is 0. The van der Waals surface area contributed by atoms with Crippen LogP contribution in [-0.2, 0) is 0 Å². The number of aromatic hydroxyl groups is 2. The van der Waals surface area contributed by atoms with Gasteiger partial charge >= 0.3 is 0 Å². The first-order valence-electron chi connectivity index (χ1n) is 3.51. The maximum absolute atomic E-state index is 12.9. The molecule has 1 unspecified atom stereocenters. The van der Waals surface area contributed by atoms with Gasteiger partial charge in [0.25, 0.3) is 0 Å². The van der Waals surface area contributed by atoms with Crippen molar-refractivity contribution in [2.75, 3.05) is 6.54 Å². The van der Waals surface area contributed by atoms with Crippen molar-refractivity contribution in [2.24, 2.45) is 5.73 Å². The maximum Gasteiger partial charge on any atom is 0.141 e. The molecule has 0 aliphatic heterocycles. The summed E-state index contributed by atoms with van der Waals surface area (Å²) in [6, 6.07) is 3.67. The Bertz CT molecular complexity index is 278. The lowest BCUT2D eigenvalue weighted by molar-refractivity contribution is 0.336. The van der Waals surface area contributed by atoms with Crippen molar-refractivity contribution in [1.82, 2.24) is 0 Å². The fraction of sp³-hybridized carbons (Fsp3) is 0.250. The van der Waals surface area contributed by atoms with Gasteiger partial charge in [0.2, 0.25) is 0 Å². The second kappa shape index (κ2) is 3.40. The summed E-state index contributed by atoms with van der Waals surface area (Å²) < 4.78 is 12.9. The monoisotopic (exact) mass is 171 g/mol. The molecule has 0 radical (unpaired) electrons. The number of hydrogen-bond donors (Lipinski definition) is 3. The zero-order valence-electron chi connectivity index (χ0n) is 6.37. The number of nitrogens with two attached hydrogens (primary N) is 1. The highest BCUT2D eigenvalue weighted by molar-refractivity contribution is 5.40. The van der Waals surface area contributed by atoms with Gasteiger partial charge in [0, 0.05) is 12.1 Å². The first-order chi connectivity index (χ1) is 5.65. The summed E-state index contributed by atoms with van der Waals surface area (Å²) in [6.07, 6.45) is -1.43. The third-order valence-electron chi connectivity index (χ3n) is 1.56. The minimum Gasteiger partial charge on any atom is -0.508 e. The van der Waals surface area contributed by atoms with Crippen LogP contribution in [-0.4, -0.2) is 16.8 Å². The average Bonchev–Trinajstić information content (AvgIpc) is 2.08. The van der Waals surface area contributed by atoms with Gasteiger partial charge in [0.1, 0.15) is 17.7 Å². The molecule has 0 saturated heterocycles. The Balaban J connectivity index is 3.04. The van der Waals surface area contributed by atoms with Crippen molar-refractivity contribution >= 4 is 0 Å². The van der Waals surface area contributed by atoms with Gasteiger partial charge in [-0.3, -0.25) is 0 Å². The van der Waals surface area contributed by atoms with Gasteiger partial charge in [-0.05, 0) is 18.2 Å². The number of rotatable bonds is 2. The molecule has 4 heteroatoms. The van der Waals surface area contributed by atoms with E-state index in [0.717, 1.165) is 6.07 Å². The third-order valence-corrected chi connectivity index (χ3v) is 1.56. The molecule has 0 aliphatic carbocycles. The molecule has 1 aromatic rings. The van der Waals surface area contributed by atoms with Gasteiger partial charge < -0.3 is 15.9 Å². The van der Waals surface area contributed by atoms with Gasteiger partial charge in [-0.2, -0.15) is 0 Å². The van der Waals surface area contributed by atoms with Crippen LogP contribution in [0.2, 0.25) is 0 Å². The Kier molecular flexibility index (Phi) is 2.50. The van der Waals surface area contributed by atoms with Crippen LogP contribution in [0.5, 0.6) is 11.5 Å². The van der Waals surface area contributed by atoms with Crippen LogP contribution in [0.25, 0.3) is 0 Å². The molecule has 1 rings (SSSR count). The number of halogens is 1. The van der Waals surface area contributed by atoms with E-state index in [-0.39, 0.29) is 23.6 Å². The highest BCUT2D eigenvalue weighted by Gasteiger charge is 2.12. The molecule has 0 aromatic heterocycles. The fourth-order valence-corrected chi connectivity index (χ4v) is 0.920. The minimum absolute atomic E-state index is 0.0255. The van der Waals surface area contributed by atoms with Gasteiger partial charge in [0.15, 0.2) is 0 Å². The molecule has 0 aliphatic rings. The Morgan fingerprint density at radius 1 is 1.42 bits per heavy atom. The highest BCUT2D eigenvalue weighted by Crippen LogP contribution is 2.29. The Hall–Kier alpha value is -1.29. The number of phenols is 2. The molecule has 0 amide bonds. The third kappa shape index (κ3) is 1.65. The molecule has 1 atom stereocenters. The van der Waals surface area contributed by atoms with Crippen molar-refractivity contribution in [3.05, 3.63) is 23.8 Å². The van der Waals surface area contributed by atoms with Gasteiger partial charge in [0.05, 0.1) is 0 Å². The summed E-state index contributed by atoms with van der Waals surface area (Å²) in [6.45, 7) is -0.211. The van der Waals surface area contributed by atoms with Crippen LogP contribution in [0.1, 0.15) is 11.7 Å². The van der Waals surface area contributed by atoms with Crippen LogP contribution < -0.4 is 5.73 Å². The molecule has 0 saturated carbocycles. The van der Waals surface area contributed by atoms with Crippen LogP contribution in [0.3, 0.4) is 0 Å². The normalized spacial score (nSPS) is 12.8. The van der Waals surface area contributed by atoms with Crippen molar-refractivity contribution < 1.29 is 14.6 Å². The predicted molar refractivity (Wildman–Crippen MR) is 42.7 cm³/mol. The van der Waals surface area contributed by atoms with Crippen molar-refractivity contribution in [2.45, 2.75) is 6.17 Å². The van der Waals surface area contributed by atoms with Crippen molar-refractivity contribution in [3.8, 4) is 11.5 Å². The second-order valence-electron chi connectivity index (χ2n) is 2.45. The maximum atomic E-state index is 12.9. The van der Waals surface area contributed by atoms with E-state index in [1.54, 1.807) is 0 Å². The van der Waals surface area contributed by atoms with E-state index >= 15 is 0 Å². The molecule has 1 aromatic carbocycles. The average molecular weight is 171 g/mol. The molecule has 4 N–H and O–H groups in total. The van der Waals surface area contributed by atoms with E-state index in [9.17, 15) is 4.39 Å². The lowest BCUT2D eigenvalue weighted by Gasteiger charge is -2.07. The smallest absolute Gasteiger partial charge is 0.141 e. The molecule has 0 spiro atoms. The first-order valence-corrected chi connectivity index (χ1v) is 3.51. The number of alkyl halides is 1. The van der Waals surface area contributed by atoms with E-state index in [4.69, 9.17) is 15.9 Å². The first kappa shape index (κ1) is 8.80. The number of benzene rings is 1. The minimum atomic E-state index is -1.43. The quantitative estimate of drug-likeness (QED) is 0.583. The molecule has 12 heavy (non-hydrogen) atoms. The van der Waals surface area contributed by atoms with E-state index in [0.29, 0.717) is 0 Å². The van der Waals surface area contributed by atoms with E-state index in [1.165, 1.54) is 12.1 Å². The van der Waals surface area contributed by atoms with Crippen LogP contribution in [0.4, 0.5) is 4.39 Å². The van der Waals surface area contributed by atoms with E-state index in [2.05, 4.69) is 0 Å². The Morgan fingerprint density at radius 2 is 2.08 bits per heavy atom. The van der Waals surface area contributed by atoms with Gasteiger partial charge in [-0.1, -0.05) is 0 Å². The Morgan fingerprint density at radius 3 is 2.67 bits per heavy atom. The van der Waals surface area contributed by atoms with E-state index in [1.807, 2.05) is 0 Å². The summed E-state index contributed by atoms with van der Waals surface area (Å²) in [5.41, 5.74) is 5.08. The lowest BCUT2D eigenvalue weighted by Crippen LogP contribution is -2.07. The zero-order chi connectivity index (χ0) is 9.14. The van der Waals surface area contributed by atoms with Crippen LogP contribution in [0, 0.1) is 0 Å². The summed E-state index contributed by atoms with van der Waals surface area (Å²) in [5.74, 6) is -0.273. The summed E-state index contributed by atoms with van der Waals surface area (Å²) >= 11 is 0. The number of hydrogen-bond acceptors (Lipinski definition) is 3. The predicted octanol–water partition coefficient (Wildman–Crippen LogP) is 1.07. The standard InChI is InChI=1S/C8H10FNO2/c9-7(4-10)6-3-5(11)1-2-8(6)12/h1-3,7,11-12H,4,10H2. The number of phenolic OH excluding ortho intramolecular Hbond substituents is 2. The second-order valence-corrected chi connectivity index (χ2v) is 2.45. The molecule has 66 valence electrons. The van der Waals surface area contributed by atoms with Gasteiger partial charge in [-0.15, -0.1) is 0 Å². The zero-order valence-corrected chi connectivity index (χ0v) is 6.37. The lowest BCUT2D eigenvalue weighted by atomic mass is 10.1. The molecular weight excluding hydrogens is 161 g/mol. The van der Waals surface area contributed by atoms with E-state index < -0.39 is 6.17 Å². The largest absolute Gasteiger partial charge is 0.508 e. The fourth-order valence-electron chi connectivity index (χ4n) is 0.920. The SMILES string of the molecule is NCC(F)c1cc(O)ccc1O. The molecule has 0 fully saturated rings. The Labute approximate surface area is 69.3 Å². The molecular formula is C8H10FNO2. The van der Waals surface area contributed by atoms with Crippen molar-refractivity contribution in [3.63, 3.8) is 0 Å². The summed E-state index contributed by atoms with van der Waals surface area (Å²) in [7, 11) is 0. The van der Waals surface area contributed by atoms with Crippen molar-refractivity contribution in [1.29, 1.82) is 0 Å². The van der Waals surface area contributed by atoms with Crippen LogP contribution in [0.15, 0.2) is 18.2 Å².